The van der Waals surface area contributed by atoms with Gasteiger partial charge in [0.2, 0.25) is 5.75 Å². The van der Waals surface area contributed by atoms with Gasteiger partial charge < -0.3 is 19.3 Å². The summed E-state index contributed by atoms with van der Waals surface area (Å²) >= 11 is 0. The molecule has 0 fully saturated rings. The first kappa shape index (κ1) is 19.0. The van der Waals surface area contributed by atoms with Crippen LogP contribution in [0.1, 0.15) is 11.1 Å². The second-order valence-electron chi connectivity index (χ2n) is 6.30. The zero-order valence-corrected chi connectivity index (χ0v) is 15.9. The minimum atomic E-state index is -0.303. The van der Waals surface area contributed by atoms with Gasteiger partial charge in [-0.05, 0) is 70.6 Å². The van der Waals surface area contributed by atoms with E-state index in [2.05, 4.69) is 0 Å². The number of fused-ring (bicyclic) bond motifs is 1. The first-order valence-corrected chi connectivity index (χ1v) is 8.67. The molecular weight excluding hydrogens is 347 g/mol. The molecular formula is C22H23FO4. The second kappa shape index (κ2) is 7.84. The Hall–Kier alpha value is -2.79. The highest BCUT2D eigenvalue weighted by molar-refractivity contribution is 6.00. The highest BCUT2D eigenvalue weighted by atomic mass is 19.1. The van der Waals surface area contributed by atoms with Crippen LogP contribution < -0.4 is 14.2 Å². The molecule has 1 N–H and O–H groups in total. The van der Waals surface area contributed by atoms with Crippen LogP contribution in [0, 0.1) is 12.7 Å². The molecule has 0 aliphatic heterocycles. The van der Waals surface area contributed by atoms with Crippen molar-refractivity contribution < 1.29 is 23.7 Å². The van der Waals surface area contributed by atoms with Gasteiger partial charge in [0.1, 0.15) is 5.82 Å². The molecule has 0 atom stereocenters. The standard InChI is InChI=1S/C22H23FO4/c1-13-9-18(14-10-20(25-2)22(27-4)21(11-14)26-3)17-6-5-15(23)12-19(17)16(13)7-8-24/h5-6,9-12,24H,7-8H2,1-4H3. The van der Waals surface area contributed by atoms with E-state index in [1.165, 1.54) is 12.1 Å². The molecule has 0 radical (unpaired) electrons. The summed E-state index contributed by atoms with van der Waals surface area (Å²) in [6.07, 6.45) is 0.474. The Labute approximate surface area is 158 Å². The predicted molar refractivity (Wildman–Crippen MR) is 105 cm³/mol. The first-order chi connectivity index (χ1) is 13.0. The van der Waals surface area contributed by atoms with Gasteiger partial charge in [-0.2, -0.15) is 0 Å². The maximum Gasteiger partial charge on any atom is 0.203 e. The van der Waals surface area contributed by atoms with E-state index in [1.54, 1.807) is 27.4 Å². The van der Waals surface area contributed by atoms with Crippen LogP contribution in [0.4, 0.5) is 4.39 Å². The fourth-order valence-electron chi connectivity index (χ4n) is 3.51. The number of rotatable bonds is 6. The van der Waals surface area contributed by atoms with Gasteiger partial charge >= 0.3 is 0 Å². The summed E-state index contributed by atoms with van der Waals surface area (Å²) in [5, 5.41) is 11.1. The Kier molecular flexibility index (Phi) is 5.51. The number of halogens is 1. The van der Waals surface area contributed by atoms with Crippen LogP contribution in [-0.2, 0) is 6.42 Å². The van der Waals surface area contributed by atoms with Crippen molar-refractivity contribution in [3.05, 3.63) is 53.3 Å². The van der Waals surface area contributed by atoms with E-state index < -0.39 is 0 Å². The molecule has 0 heterocycles. The third-order valence-electron chi connectivity index (χ3n) is 4.77. The van der Waals surface area contributed by atoms with Crippen molar-refractivity contribution in [3.8, 4) is 28.4 Å². The summed E-state index contributed by atoms with van der Waals surface area (Å²) in [4.78, 5) is 0. The minimum absolute atomic E-state index is 0.00990. The van der Waals surface area contributed by atoms with Crippen LogP contribution in [0.2, 0.25) is 0 Å². The molecule has 0 aliphatic rings. The molecule has 0 spiro atoms. The van der Waals surface area contributed by atoms with E-state index in [9.17, 15) is 9.50 Å². The molecule has 0 unspecified atom stereocenters. The average molecular weight is 370 g/mol. The monoisotopic (exact) mass is 370 g/mol. The number of methoxy groups -OCH3 is 3. The number of hydrogen-bond acceptors (Lipinski definition) is 4. The van der Waals surface area contributed by atoms with Crippen molar-refractivity contribution in [2.24, 2.45) is 0 Å². The molecule has 142 valence electrons. The molecule has 3 aromatic carbocycles. The topological polar surface area (TPSA) is 47.9 Å². The molecule has 0 saturated heterocycles. The van der Waals surface area contributed by atoms with Crippen LogP contribution in [-0.4, -0.2) is 33.0 Å². The summed E-state index contributed by atoms with van der Waals surface area (Å²) in [5.41, 5.74) is 3.75. The molecule has 3 rings (SSSR count). The molecule has 5 heteroatoms. The molecule has 0 saturated carbocycles. The predicted octanol–water partition coefficient (Wildman–Crippen LogP) is 4.51. The van der Waals surface area contributed by atoms with Crippen LogP contribution in [0.5, 0.6) is 17.2 Å². The Bertz CT molecular complexity index is 957. The Morgan fingerprint density at radius 1 is 0.889 bits per heavy atom. The Balaban J connectivity index is 2.34. The molecule has 4 nitrogen and oxygen atoms in total. The number of ether oxygens (including phenoxy) is 3. The normalized spacial score (nSPS) is 10.9. The highest BCUT2D eigenvalue weighted by Crippen LogP contribution is 2.43. The van der Waals surface area contributed by atoms with Crippen molar-refractivity contribution in [3.63, 3.8) is 0 Å². The lowest BCUT2D eigenvalue weighted by Crippen LogP contribution is -1.99. The van der Waals surface area contributed by atoms with E-state index in [0.717, 1.165) is 33.0 Å². The van der Waals surface area contributed by atoms with Crippen LogP contribution >= 0.6 is 0 Å². The summed E-state index contributed by atoms with van der Waals surface area (Å²) in [7, 11) is 4.71. The van der Waals surface area contributed by atoms with Gasteiger partial charge in [-0.25, -0.2) is 4.39 Å². The smallest absolute Gasteiger partial charge is 0.203 e. The largest absolute Gasteiger partial charge is 0.493 e. The zero-order valence-electron chi connectivity index (χ0n) is 15.9. The minimum Gasteiger partial charge on any atom is -0.493 e. The van der Waals surface area contributed by atoms with Crippen LogP contribution in [0.25, 0.3) is 21.9 Å². The summed E-state index contributed by atoms with van der Waals surface area (Å²) in [5.74, 6) is 1.33. The quantitative estimate of drug-likeness (QED) is 0.693. The summed E-state index contributed by atoms with van der Waals surface area (Å²) in [6.45, 7) is 1.98. The fourth-order valence-corrected chi connectivity index (χ4v) is 3.51. The van der Waals surface area contributed by atoms with Crippen molar-refractivity contribution in [1.82, 2.24) is 0 Å². The van der Waals surface area contributed by atoms with Gasteiger partial charge in [-0.1, -0.05) is 12.1 Å². The second-order valence-corrected chi connectivity index (χ2v) is 6.30. The number of hydrogen-bond donors (Lipinski definition) is 1. The van der Waals surface area contributed by atoms with Crippen molar-refractivity contribution in [2.45, 2.75) is 13.3 Å². The van der Waals surface area contributed by atoms with E-state index >= 15 is 0 Å². The third-order valence-corrected chi connectivity index (χ3v) is 4.77. The lowest BCUT2D eigenvalue weighted by molar-refractivity contribution is 0.300. The Morgan fingerprint density at radius 2 is 1.56 bits per heavy atom. The van der Waals surface area contributed by atoms with E-state index in [-0.39, 0.29) is 12.4 Å². The maximum absolute atomic E-state index is 13.9. The average Bonchev–Trinajstić information content (AvgIpc) is 2.68. The van der Waals surface area contributed by atoms with Gasteiger partial charge in [0.15, 0.2) is 11.5 Å². The SMILES string of the molecule is COc1cc(-c2cc(C)c(CCO)c3cc(F)ccc23)cc(OC)c1OC. The van der Waals surface area contributed by atoms with E-state index in [0.29, 0.717) is 23.7 Å². The van der Waals surface area contributed by atoms with Crippen molar-refractivity contribution >= 4 is 10.8 Å². The molecule has 0 bridgehead atoms. The zero-order chi connectivity index (χ0) is 19.6. The molecule has 27 heavy (non-hydrogen) atoms. The van der Waals surface area contributed by atoms with Crippen molar-refractivity contribution in [1.29, 1.82) is 0 Å². The van der Waals surface area contributed by atoms with Gasteiger partial charge in [0.05, 0.1) is 21.3 Å². The number of aryl methyl sites for hydroxylation is 1. The van der Waals surface area contributed by atoms with Crippen molar-refractivity contribution in [2.75, 3.05) is 27.9 Å². The fraction of sp³-hybridized carbons (Fsp3) is 0.273. The molecule has 0 amide bonds. The number of benzene rings is 3. The van der Waals surface area contributed by atoms with E-state index in [1.807, 2.05) is 25.1 Å². The molecule has 3 aromatic rings. The van der Waals surface area contributed by atoms with Crippen LogP contribution in [0.15, 0.2) is 36.4 Å². The highest BCUT2D eigenvalue weighted by Gasteiger charge is 2.17. The Morgan fingerprint density at radius 3 is 2.11 bits per heavy atom. The van der Waals surface area contributed by atoms with Crippen LogP contribution in [0.3, 0.4) is 0 Å². The summed E-state index contributed by atoms with van der Waals surface area (Å²) in [6, 6.07) is 10.5. The lowest BCUT2D eigenvalue weighted by Gasteiger charge is -2.18. The third kappa shape index (κ3) is 3.43. The van der Waals surface area contributed by atoms with Gasteiger partial charge in [0, 0.05) is 6.61 Å². The number of aliphatic hydroxyl groups is 1. The maximum atomic E-state index is 13.9. The summed E-state index contributed by atoms with van der Waals surface area (Å²) < 4.78 is 30.3. The van der Waals surface area contributed by atoms with Gasteiger partial charge in [0.25, 0.3) is 0 Å². The van der Waals surface area contributed by atoms with Gasteiger partial charge in [-0.15, -0.1) is 0 Å². The molecule has 0 aromatic heterocycles. The first-order valence-electron chi connectivity index (χ1n) is 8.67. The van der Waals surface area contributed by atoms with E-state index in [4.69, 9.17) is 14.2 Å². The van der Waals surface area contributed by atoms with Gasteiger partial charge in [-0.3, -0.25) is 0 Å². The molecule has 0 aliphatic carbocycles. The lowest BCUT2D eigenvalue weighted by atomic mass is 9.90. The number of aliphatic hydroxyl groups excluding tert-OH is 1.